The Labute approximate surface area is 165 Å². The fraction of sp³-hybridized carbons (Fsp3) is 0.0455. The number of nitrogens with one attached hydrogen (secondary N) is 1. The lowest BCUT2D eigenvalue weighted by Gasteiger charge is -2.11. The number of hydrogen-bond donors (Lipinski definition) is 1. The topological polar surface area (TPSA) is 54.9 Å². The molecule has 4 aromatic rings. The fourth-order valence-corrected chi connectivity index (χ4v) is 3.40. The van der Waals surface area contributed by atoms with Gasteiger partial charge in [0.15, 0.2) is 0 Å². The average Bonchev–Trinajstić information content (AvgIpc) is 2.72. The lowest BCUT2D eigenvalue weighted by molar-refractivity contribution is 0.0952. The van der Waals surface area contributed by atoms with Gasteiger partial charge in [-0.05, 0) is 42.0 Å². The zero-order valence-corrected chi connectivity index (χ0v) is 16.0. The number of hydrogen-bond acceptors (Lipinski definition) is 3. The quantitative estimate of drug-likeness (QED) is 0.508. The highest BCUT2D eigenvalue weighted by Crippen LogP contribution is 2.24. The van der Waals surface area contributed by atoms with Crippen molar-refractivity contribution in [2.45, 2.75) is 6.54 Å². The van der Waals surface area contributed by atoms with Crippen molar-refractivity contribution in [2.24, 2.45) is 0 Å². The molecule has 0 bridgehead atoms. The second-order valence-corrected chi connectivity index (χ2v) is 7.04. The average molecular weight is 418 g/mol. The molecule has 1 N–H and O–H groups in total. The Kier molecular flexibility index (Phi) is 4.94. The lowest BCUT2D eigenvalue weighted by atomic mass is 10.0. The summed E-state index contributed by atoms with van der Waals surface area (Å²) >= 11 is 3.46. The Balaban J connectivity index is 1.70. The number of halogens is 1. The SMILES string of the molecule is O=C(NCc1cccc(Br)c1)c1cc(-c2cccnc2)nc2ccccc12. The van der Waals surface area contributed by atoms with Gasteiger partial charge in [-0.25, -0.2) is 4.98 Å². The van der Waals surface area contributed by atoms with E-state index in [1.54, 1.807) is 12.4 Å². The van der Waals surface area contributed by atoms with Crippen LogP contribution in [0.4, 0.5) is 0 Å². The molecule has 0 unspecified atom stereocenters. The van der Waals surface area contributed by atoms with E-state index in [1.807, 2.05) is 66.7 Å². The molecule has 0 aliphatic heterocycles. The predicted octanol–water partition coefficient (Wildman–Crippen LogP) is 4.99. The van der Waals surface area contributed by atoms with Crippen LogP contribution in [-0.4, -0.2) is 15.9 Å². The molecule has 0 radical (unpaired) electrons. The highest BCUT2D eigenvalue weighted by atomic mass is 79.9. The minimum Gasteiger partial charge on any atom is -0.348 e. The second-order valence-electron chi connectivity index (χ2n) is 6.13. The molecule has 5 heteroatoms. The Morgan fingerprint density at radius 3 is 2.70 bits per heavy atom. The van der Waals surface area contributed by atoms with E-state index < -0.39 is 0 Å². The van der Waals surface area contributed by atoms with Crippen LogP contribution in [0.3, 0.4) is 0 Å². The first-order valence-corrected chi connectivity index (χ1v) is 9.33. The first-order valence-electron chi connectivity index (χ1n) is 8.53. The second kappa shape index (κ2) is 7.68. The maximum atomic E-state index is 12.9. The smallest absolute Gasteiger partial charge is 0.252 e. The molecule has 27 heavy (non-hydrogen) atoms. The molecule has 132 valence electrons. The zero-order chi connectivity index (χ0) is 18.6. The van der Waals surface area contributed by atoms with E-state index in [9.17, 15) is 4.79 Å². The molecule has 0 fully saturated rings. The van der Waals surface area contributed by atoms with E-state index >= 15 is 0 Å². The van der Waals surface area contributed by atoms with Gasteiger partial charge in [-0.3, -0.25) is 9.78 Å². The van der Waals surface area contributed by atoms with Crippen molar-refractivity contribution in [1.82, 2.24) is 15.3 Å². The molecule has 4 rings (SSSR count). The molecule has 1 amide bonds. The van der Waals surface area contributed by atoms with E-state index in [4.69, 9.17) is 4.98 Å². The van der Waals surface area contributed by atoms with Crippen LogP contribution in [0, 0.1) is 0 Å². The lowest BCUT2D eigenvalue weighted by Crippen LogP contribution is -2.23. The number of fused-ring (bicyclic) bond motifs is 1. The van der Waals surface area contributed by atoms with Gasteiger partial charge in [0, 0.05) is 34.4 Å². The Hall–Kier alpha value is -3.05. The van der Waals surface area contributed by atoms with Gasteiger partial charge in [-0.2, -0.15) is 0 Å². The zero-order valence-electron chi connectivity index (χ0n) is 14.4. The minimum absolute atomic E-state index is 0.126. The van der Waals surface area contributed by atoms with Crippen molar-refractivity contribution >= 4 is 32.7 Å². The van der Waals surface area contributed by atoms with Crippen LogP contribution in [0.1, 0.15) is 15.9 Å². The fourth-order valence-electron chi connectivity index (χ4n) is 2.95. The van der Waals surface area contributed by atoms with Crippen molar-refractivity contribution in [3.05, 3.63) is 94.7 Å². The van der Waals surface area contributed by atoms with Gasteiger partial charge in [-0.15, -0.1) is 0 Å². The van der Waals surface area contributed by atoms with Gasteiger partial charge >= 0.3 is 0 Å². The number of nitrogens with zero attached hydrogens (tertiary/aromatic N) is 2. The van der Waals surface area contributed by atoms with E-state index in [0.29, 0.717) is 12.1 Å². The number of pyridine rings is 2. The highest BCUT2D eigenvalue weighted by molar-refractivity contribution is 9.10. The van der Waals surface area contributed by atoms with Gasteiger partial charge < -0.3 is 5.32 Å². The maximum Gasteiger partial charge on any atom is 0.252 e. The molecule has 0 spiro atoms. The molecule has 0 aliphatic carbocycles. The third-order valence-electron chi connectivity index (χ3n) is 4.26. The monoisotopic (exact) mass is 417 g/mol. The van der Waals surface area contributed by atoms with Gasteiger partial charge in [0.05, 0.1) is 16.8 Å². The Morgan fingerprint density at radius 1 is 1.00 bits per heavy atom. The summed E-state index contributed by atoms with van der Waals surface area (Å²) in [4.78, 5) is 21.8. The predicted molar refractivity (Wildman–Crippen MR) is 110 cm³/mol. The largest absolute Gasteiger partial charge is 0.348 e. The molecule has 0 atom stereocenters. The number of amides is 1. The van der Waals surface area contributed by atoms with E-state index in [-0.39, 0.29) is 5.91 Å². The summed E-state index contributed by atoms with van der Waals surface area (Å²) in [7, 11) is 0. The van der Waals surface area contributed by atoms with Gasteiger partial charge in [0.2, 0.25) is 0 Å². The molecule has 0 aliphatic rings. The third-order valence-corrected chi connectivity index (χ3v) is 4.75. The number of aromatic nitrogens is 2. The van der Waals surface area contributed by atoms with Crippen LogP contribution in [0.2, 0.25) is 0 Å². The maximum absolute atomic E-state index is 12.9. The van der Waals surface area contributed by atoms with Crippen LogP contribution < -0.4 is 5.32 Å². The van der Waals surface area contributed by atoms with Crippen LogP contribution >= 0.6 is 15.9 Å². The first-order chi connectivity index (χ1) is 13.2. The summed E-state index contributed by atoms with van der Waals surface area (Å²) in [5.41, 5.74) is 4.03. The number of para-hydroxylation sites is 1. The summed E-state index contributed by atoms with van der Waals surface area (Å²) in [6.45, 7) is 0.456. The highest BCUT2D eigenvalue weighted by Gasteiger charge is 2.14. The third kappa shape index (κ3) is 3.88. The molecule has 2 aromatic heterocycles. The number of benzene rings is 2. The van der Waals surface area contributed by atoms with Crippen molar-refractivity contribution in [3.63, 3.8) is 0 Å². The van der Waals surface area contributed by atoms with E-state index in [2.05, 4.69) is 26.2 Å². The standard InChI is InChI=1S/C22H16BrN3O/c23-17-7-3-5-15(11-17)13-25-22(27)19-12-21(16-6-4-10-24-14-16)26-20-9-2-1-8-18(19)20/h1-12,14H,13H2,(H,25,27). The molecular weight excluding hydrogens is 402 g/mol. The summed E-state index contributed by atoms with van der Waals surface area (Å²) in [5, 5.41) is 3.84. The number of carbonyl (C=O) groups excluding carboxylic acids is 1. The minimum atomic E-state index is -0.126. The van der Waals surface area contributed by atoms with E-state index in [1.165, 1.54) is 0 Å². The molecular formula is C22H16BrN3O. The summed E-state index contributed by atoms with van der Waals surface area (Å²) in [6, 6.07) is 21.2. The van der Waals surface area contributed by atoms with Crippen LogP contribution in [0.25, 0.3) is 22.2 Å². The number of carbonyl (C=O) groups is 1. The Bertz CT molecular complexity index is 1110. The Morgan fingerprint density at radius 2 is 1.89 bits per heavy atom. The van der Waals surface area contributed by atoms with Gasteiger partial charge in [0.1, 0.15) is 0 Å². The number of rotatable bonds is 4. The van der Waals surface area contributed by atoms with Crippen molar-refractivity contribution < 1.29 is 4.79 Å². The first kappa shape index (κ1) is 17.4. The van der Waals surface area contributed by atoms with E-state index in [0.717, 1.165) is 32.2 Å². The van der Waals surface area contributed by atoms with Crippen LogP contribution in [-0.2, 0) is 6.54 Å². The molecule has 0 saturated carbocycles. The van der Waals surface area contributed by atoms with Crippen LogP contribution in [0.5, 0.6) is 0 Å². The molecule has 0 saturated heterocycles. The van der Waals surface area contributed by atoms with Gasteiger partial charge in [0.25, 0.3) is 5.91 Å². The molecule has 2 aromatic carbocycles. The summed E-state index contributed by atoms with van der Waals surface area (Å²) < 4.78 is 0.988. The van der Waals surface area contributed by atoms with Crippen molar-refractivity contribution in [2.75, 3.05) is 0 Å². The van der Waals surface area contributed by atoms with Crippen molar-refractivity contribution in [3.8, 4) is 11.3 Å². The molecule has 2 heterocycles. The van der Waals surface area contributed by atoms with Gasteiger partial charge in [-0.1, -0.05) is 46.3 Å². The van der Waals surface area contributed by atoms with Crippen molar-refractivity contribution in [1.29, 1.82) is 0 Å². The normalized spacial score (nSPS) is 10.7. The summed E-state index contributed by atoms with van der Waals surface area (Å²) in [5.74, 6) is -0.126. The van der Waals surface area contributed by atoms with Crippen LogP contribution in [0.15, 0.2) is 83.6 Å². The summed E-state index contributed by atoms with van der Waals surface area (Å²) in [6.07, 6.45) is 3.47. The molecule has 4 nitrogen and oxygen atoms in total.